The molecule has 5 nitrogen and oxygen atoms in total. The van der Waals surface area contributed by atoms with Crippen molar-refractivity contribution in [1.82, 2.24) is 19.2 Å². The van der Waals surface area contributed by atoms with Gasteiger partial charge >= 0.3 is 0 Å². The number of imidazole rings is 1. The number of hydrogen-bond acceptors (Lipinski definition) is 5. The molecular weight excluding hydrogens is 385 g/mol. The lowest BCUT2D eigenvalue weighted by atomic mass is 10.0. The van der Waals surface area contributed by atoms with Gasteiger partial charge in [-0.15, -0.1) is 11.3 Å². The first-order chi connectivity index (χ1) is 14.2. The molecule has 2 aromatic heterocycles. The van der Waals surface area contributed by atoms with Crippen molar-refractivity contribution in [3.8, 4) is 0 Å². The highest BCUT2D eigenvalue weighted by Crippen LogP contribution is 2.24. The van der Waals surface area contributed by atoms with E-state index in [0.717, 1.165) is 55.6 Å². The molecule has 154 valence electrons. The number of anilines is 1. The van der Waals surface area contributed by atoms with Crippen LogP contribution in [0.2, 0.25) is 0 Å². The molecule has 0 saturated carbocycles. The van der Waals surface area contributed by atoms with Gasteiger partial charge in [-0.3, -0.25) is 14.2 Å². The third kappa shape index (κ3) is 3.91. The SMILES string of the molecule is Cc1nc2sccn2c1CN1CCC[C@H](N2CCN(c3ccc(F)cc3)CC2)C1. The van der Waals surface area contributed by atoms with Crippen LogP contribution in [0.15, 0.2) is 35.8 Å². The lowest BCUT2D eigenvalue weighted by molar-refractivity contribution is 0.0878. The van der Waals surface area contributed by atoms with Gasteiger partial charge in [0.1, 0.15) is 5.82 Å². The molecule has 0 amide bonds. The van der Waals surface area contributed by atoms with Crippen molar-refractivity contribution >= 4 is 22.0 Å². The van der Waals surface area contributed by atoms with E-state index < -0.39 is 0 Å². The van der Waals surface area contributed by atoms with Gasteiger partial charge in [-0.2, -0.15) is 0 Å². The first-order valence-electron chi connectivity index (χ1n) is 10.6. The Morgan fingerprint density at radius 3 is 2.69 bits per heavy atom. The van der Waals surface area contributed by atoms with Crippen LogP contribution in [0.3, 0.4) is 0 Å². The highest BCUT2D eigenvalue weighted by Gasteiger charge is 2.29. The van der Waals surface area contributed by atoms with Crippen LogP contribution in [0, 0.1) is 12.7 Å². The maximum atomic E-state index is 13.2. The number of aromatic nitrogens is 2. The minimum atomic E-state index is -0.164. The van der Waals surface area contributed by atoms with Gasteiger partial charge in [-0.05, 0) is 50.6 Å². The zero-order valence-corrected chi connectivity index (χ0v) is 17.7. The van der Waals surface area contributed by atoms with E-state index in [9.17, 15) is 4.39 Å². The largest absolute Gasteiger partial charge is 0.369 e. The Bertz CT molecular complexity index is 957. The number of nitrogens with zero attached hydrogens (tertiary/aromatic N) is 5. The summed E-state index contributed by atoms with van der Waals surface area (Å²) in [6.45, 7) is 9.60. The fourth-order valence-electron chi connectivity index (χ4n) is 4.81. The molecule has 2 aliphatic rings. The van der Waals surface area contributed by atoms with E-state index >= 15 is 0 Å². The van der Waals surface area contributed by atoms with E-state index in [1.165, 1.54) is 25.1 Å². The van der Waals surface area contributed by atoms with Crippen LogP contribution < -0.4 is 4.90 Å². The fourth-order valence-corrected chi connectivity index (χ4v) is 5.59. The van der Waals surface area contributed by atoms with Gasteiger partial charge in [-0.25, -0.2) is 9.37 Å². The summed E-state index contributed by atoms with van der Waals surface area (Å²) in [5.74, 6) is -0.164. The van der Waals surface area contributed by atoms with E-state index in [1.54, 1.807) is 23.5 Å². The zero-order chi connectivity index (χ0) is 19.8. The smallest absolute Gasteiger partial charge is 0.194 e. The van der Waals surface area contributed by atoms with Gasteiger partial charge in [0.05, 0.1) is 11.4 Å². The van der Waals surface area contributed by atoms with Gasteiger partial charge in [0.2, 0.25) is 0 Å². The monoisotopic (exact) mass is 413 g/mol. The normalized spacial score (nSPS) is 21.9. The van der Waals surface area contributed by atoms with Crippen molar-refractivity contribution in [1.29, 1.82) is 0 Å². The average Bonchev–Trinajstić information content (AvgIpc) is 3.31. The van der Waals surface area contributed by atoms with Crippen molar-refractivity contribution < 1.29 is 4.39 Å². The van der Waals surface area contributed by atoms with Gasteiger partial charge in [0.25, 0.3) is 0 Å². The maximum absolute atomic E-state index is 13.2. The van der Waals surface area contributed by atoms with E-state index in [0.29, 0.717) is 6.04 Å². The second-order valence-corrected chi connectivity index (χ2v) is 9.10. The summed E-state index contributed by atoms with van der Waals surface area (Å²) in [6.07, 6.45) is 4.69. The van der Waals surface area contributed by atoms with Gasteiger partial charge in [0, 0.05) is 62.6 Å². The first kappa shape index (κ1) is 19.0. The van der Waals surface area contributed by atoms with Crippen LogP contribution in [0.25, 0.3) is 4.96 Å². The first-order valence-corrected chi connectivity index (χ1v) is 11.4. The number of piperidine rings is 1. The van der Waals surface area contributed by atoms with Crippen LogP contribution in [0.5, 0.6) is 0 Å². The summed E-state index contributed by atoms with van der Waals surface area (Å²) < 4.78 is 15.4. The number of rotatable bonds is 4. The molecule has 0 spiro atoms. The predicted molar refractivity (Wildman–Crippen MR) is 116 cm³/mol. The summed E-state index contributed by atoms with van der Waals surface area (Å²) in [5, 5.41) is 2.12. The summed E-state index contributed by atoms with van der Waals surface area (Å²) in [7, 11) is 0. The highest BCUT2D eigenvalue weighted by molar-refractivity contribution is 7.15. The summed E-state index contributed by atoms with van der Waals surface area (Å²) in [4.78, 5) is 13.4. The maximum Gasteiger partial charge on any atom is 0.194 e. The second-order valence-electron chi connectivity index (χ2n) is 8.23. The Morgan fingerprint density at radius 2 is 1.90 bits per heavy atom. The van der Waals surface area contributed by atoms with E-state index in [4.69, 9.17) is 4.98 Å². The molecule has 7 heteroatoms. The molecule has 29 heavy (non-hydrogen) atoms. The average molecular weight is 414 g/mol. The Labute approximate surface area is 175 Å². The quantitative estimate of drug-likeness (QED) is 0.653. The standard InChI is InChI=1S/C22H28FN5S/c1-17-21(28-13-14-29-22(28)24-17)16-25-8-2-3-20(15-25)27-11-9-26(10-12-27)19-6-4-18(23)5-7-19/h4-7,13-14,20H,2-3,8-12,15-16H2,1H3/t20-/m0/s1. The van der Waals surface area contributed by atoms with Crippen molar-refractivity contribution in [2.75, 3.05) is 44.2 Å². The van der Waals surface area contributed by atoms with Gasteiger partial charge < -0.3 is 4.90 Å². The highest BCUT2D eigenvalue weighted by atomic mass is 32.1. The second kappa shape index (κ2) is 8.05. The Hall–Kier alpha value is -1.96. The molecule has 0 N–H and O–H groups in total. The van der Waals surface area contributed by atoms with E-state index in [-0.39, 0.29) is 5.82 Å². The third-order valence-corrected chi connectivity index (χ3v) is 7.19. The minimum Gasteiger partial charge on any atom is -0.369 e. The third-order valence-electron chi connectivity index (χ3n) is 6.44. The van der Waals surface area contributed by atoms with Crippen molar-refractivity contribution in [3.63, 3.8) is 0 Å². The lowest BCUT2D eigenvalue weighted by Gasteiger charge is -2.44. The van der Waals surface area contributed by atoms with Crippen LogP contribution >= 0.6 is 11.3 Å². The van der Waals surface area contributed by atoms with Crippen LogP contribution in [-0.4, -0.2) is 64.5 Å². The van der Waals surface area contributed by atoms with Crippen LogP contribution in [-0.2, 0) is 6.54 Å². The molecule has 0 radical (unpaired) electrons. The molecule has 0 bridgehead atoms. The number of halogens is 1. The number of aryl methyl sites for hydroxylation is 1. The molecule has 0 unspecified atom stereocenters. The van der Waals surface area contributed by atoms with Crippen molar-refractivity contribution in [2.24, 2.45) is 0 Å². The minimum absolute atomic E-state index is 0.164. The Balaban J connectivity index is 1.20. The molecule has 2 aliphatic heterocycles. The van der Waals surface area contributed by atoms with Crippen LogP contribution in [0.1, 0.15) is 24.2 Å². The zero-order valence-electron chi connectivity index (χ0n) is 16.9. The van der Waals surface area contributed by atoms with Gasteiger partial charge in [-0.1, -0.05) is 0 Å². The molecular formula is C22H28FN5S. The topological polar surface area (TPSA) is 27.0 Å². The number of piperazine rings is 1. The number of likely N-dealkylation sites (tertiary alicyclic amines) is 1. The summed E-state index contributed by atoms with van der Waals surface area (Å²) >= 11 is 1.71. The number of thiazole rings is 1. The Morgan fingerprint density at radius 1 is 1.10 bits per heavy atom. The summed E-state index contributed by atoms with van der Waals surface area (Å²) in [6, 6.07) is 7.54. The van der Waals surface area contributed by atoms with Crippen molar-refractivity contribution in [2.45, 2.75) is 32.4 Å². The number of fused-ring (bicyclic) bond motifs is 1. The fraction of sp³-hybridized carbons (Fsp3) is 0.500. The molecule has 5 rings (SSSR count). The molecule has 4 heterocycles. The molecule has 2 fully saturated rings. The number of hydrogen-bond donors (Lipinski definition) is 0. The number of benzene rings is 1. The summed E-state index contributed by atoms with van der Waals surface area (Å²) in [5.41, 5.74) is 3.63. The molecule has 2 saturated heterocycles. The van der Waals surface area contributed by atoms with Crippen LogP contribution in [0.4, 0.5) is 10.1 Å². The molecule has 0 aliphatic carbocycles. The van der Waals surface area contributed by atoms with Crippen molar-refractivity contribution in [3.05, 3.63) is 53.0 Å². The van der Waals surface area contributed by atoms with E-state index in [1.807, 2.05) is 12.1 Å². The Kier molecular flexibility index (Phi) is 5.28. The molecule has 1 atom stereocenters. The van der Waals surface area contributed by atoms with E-state index in [2.05, 4.69) is 37.6 Å². The predicted octanol–water partition coefficient (Wildman–Crippen LogP) is 3.63. The van der Waals surface area contributed by atoms with Gasteiger partial charge in [0.15, 0.2) is 4.96 Å². The lowest BCUT2D eigenvalue weighted by Crippen LogP contribution is -2.55. The molecule has 3 aromatic rings. The molecule has 1 aromatic carbocycles.